The number of amidine groups is 1. The first-order valence-corrected chi connectivity index (χ1v) is 13.4. The number of nitrogens with one attached hydrogen (secondary N) is 3. The van der Waals surface area contributed by atoms with Gasteiger partial charge in [-0.25, -0.2) is 36.7 Å². The number of benzene rings is 2. The van der Waals surface area contributed by atoms with Crippen molar-refractivity contribution in [3.63, 3.8) is 0 Å². The third-order valence-corrected chi connectivity index (χ3v) is 8.41. The van der Waals surface area contributed by atoms with E-state index < -0.39 is 41.9 Å². The number of primary sulfonamides is 1. The number of hydrogen-bond acceptors (Lipinski definition) is 11. The van der Waals surface area contributed by atoms with Gasteiger partial charge in [0.15, 0.2) is 18.5 Å². The average molecular weight is 519 g/mol. The second-order valence-electron chi connectivity index (χ2n) is 8.10. The Kier molecular flexibility index (Phi) is 5.65. The number of fused-ring (bicyclic) bond motifs is 1. The maximum absolute atomic E-state index is 13.4. The first kappa shape index (κ1) is 23.5. The number of nitrogen functional groups attached to an aromatic ring is 1. The monoisotopic (exact) mass is 518 g/mol. The Bertz CT molecular complexity index is 1610. The molecule has 0 bridgehead atoms. The van der Waals surface area contributed by atoms with Crippen LogP contribution >= 0.6 is 0 Å². The summed E-state index contributed by atoms with van der Waals surface area (Å²) in [6.45, 7) is 0.656. The van der Waals surface area contributed by atoms with E-state index in [-0.39, 0.29) is 24.0 Å². The Morgan fingerprint density at radius 3 is 2.51 bits per heavy atom. The molecular weight excluding hydrogens is 496 g/mol. The van der Waals surface area contributed by atoms with E-state index in [1.807, 2.05) is 0 Å². The number of aliphatic imine (C=N–C) groups is 1. The Hall–Kier alpha value is -3.28. The van der Waals surface area contributed by atoms with Crippen molar-refractivity contribution >= 4 is 42.9 Å². The van der Waals surface area contributed by atoms with Crippen molar-refractivity contribution in [1.29, 1.82) is 0 Å². The zero-order valence-corrected chi connectivity index (χ0v) is 19.8. The second kappa shape index (κ2) is 8.43. The first-order valence-electron chi connectivity index (χ1n) is 10.4. The highest BCUT2D eigenvalue weighted by atomic mass is 32.2. The molecule has 0 unspecified atom stereocenters. The molecule has 3 aromatic rings. The van der Waals surface area contributed by atoms with Gasteiger partial charge in [0.1, 0.15) is 9.79 Å². The number of H-pyrrole nitrogens is 1. The number of azo groups is 1. The molecule has 2 aliphatic heterocycles. The van der Waals surface area contributed by atoms with Gasteiger partial charge in [0, 0.05) is 24.7 Å². The molecule has 2 aromatic carbocycles. The highest BCUT2D eigenvalue weighted by Crippen LogP contribution is 2.37. The third-order valence-electron chi connectivity index (χ3n) is 5.76. The van der Waals surface area contributed by atoms with Crippen LogP contribution in [-0.4, -0.2) is 64.5 Å². The minimum Gasteiger partial charge on any atom is -0.369 e. The van der Waals surface area contributed by atoms with Gasteiger partial charge in [0.2, 0.25) is 20.0 Å². The Morgan fingerprint density at radius 2 is 1.86 bits per heavy atom. The lowest BCUT2D eigenvalue weighted by Gasteiger charge is -2.20. The molecule has 1 saturated heterocycles. The van der Waals surface area contributed by atoms with Crippen LogP contribution in [-0.2, 0) is 20.0 Å². The predicted molar refractivity (Wildman–Crippen MR) is 129 cm³/mol. The number of imidazole rings is 1. The van der Waals surface area contributed by atoms with Gasteiger partial charge in [-0.1, -0.05) is 18.2 Å². The van der Waals surface area contributed by atoms with Gasteiger partial charge in [-0.2, -0.15) is 5.11 Å². The molecule has 16 heteroatoms. The van der Waals surface area contributed by atoms with Gasteiger partial charge in [0.05, 0.1) is 22.6 Å². The fourth-order valence-corrected chi connectivity index (χ4v) is 7.11. The number of nitrogens with zero attached hydrogens (tertiary/aromatic N) is 4. The van der Waals surface area contributed by atoms with E-state index in [0.717, 1.165) is 0 Å². The largest absolute Gasteiger partial charge is 0.369 e. The van der Waals surface area contributed by atoms with Crippen LogP contribution in [0, 0.1) is 0 Å². The summed E-state index contributed by atoms with van der Waals surface area (Å²) in [5.74, 6) is 0.0873. The molecule has 0 amide bonds. The second-order valence-corrected chi connectivity index (χ2v) is 11.3. The summed E-state index contributed by atoms with van der Waals surface area (Å²) in [6.07, 6.45) is 0. The predicted octanol–water partition coefficient (Wildman–Crippen LogP) is -0.793. The summed E-state index contributed by atoms with van der Waals surface area (Å²) in [4.78, 5) is 10.2. The van der Waals surface area contributed by atoms with Crippen molar-refractivity contribution < 1.29 is 16.8 Å². The van der Waals surface area contributed by atoms with E-state index in [4.69, 9.17) is 16.6 Å². The highest BCUT2D eigenvalue weighted by molar-refractivity contribution is 7.92. The minimum atomic E-state index is -4.61. The normalized spacial score (nSPS) is 20.6. The number of sulfonamides is 2. The fourth-order valence-electron chi connectivity index (χ4n) is 4.22. The van der Waals surface area contributed by atoms with E-state index in [0.29, 0.717) is 35.2 Å². The summed E-state index contributed by atoms with van der Waals surface area (Å²) in [5, 5.41) is 16.3. The van der Waals surface area contributed by atoms with Gasteiger partial charge in [-0.05, 0) is 17.7 Å². The Morgan fingerprint density at radius 1 is 1.06 bits per heavy atom. The Balaban J connectivity index is 1.80. The topological polar surface area (TPSA) is 236 Å². The molecule has 14 nitrogen and oxygen atoms in total. The number of aromatic nitrogens is 2. The maximum Gasteiger partial charge on any atom is 0.242 e. The maximum atomic E-state index is 13.4. The molecule has 0 saturated carbocycles. The molecular formula is C19H22N10O4S2. The SMILES string of the molecule is Nc1nc2c(-c3ccc(S(=O)(=O)N[C@H]4CNC[C@H]4N)c(S(N)(=O)=O)c3C3=NCN=N3)cccc2[nH]1. The van der Waals surface area contributed by atoms with Crippen LogP contribution in [0.4, 0.5) is 5.95 Å². The van der Waals surface area contributed by atoms with Crippen molar-refractivity contribution in [3.05, 3.63) is 35.9 Å². The third kappa shape index (κ3) is 4.19. The molecule has 5 rings (SSSR count). The van der Waals surface area contributed by atoms with Gasteiger partial charge < -0.3 is 21.8 Å². The molecule has 0 spiro atoms. The van der Waals surface area contributed by atoms with Gasteiger partial charge in [-0.3, -0.25) is 0 Å². The van der Waals surface area contributed by atoms with Crippen LogP contribution in [0.3, 0.4) is 0 Å². The number of aromatic amines is 1. The van der Waals surface area contributed by atoms with Crippen molar-refractivity contribution in [2.24, 2.45) is 26.1 Å². The molecule has 0 aliphatic carbocycles. The molecule has 3 heterocycles. The van der Waals surface area contributed by atoms with Crippen LogP contribution in [0.1, 0.15) is 5.56 Å². The lowest BCUT2D eigenvalue weighted by Crippen LogP contribution is -2.47. The van der Waals surface area contributed by atoms with Crippen molar-refractivity contribution in [3.8, 4) is 11.1 Å². The zero-order valence-electron chi connectivity index (χ0n) is 18.1. The van der Waals surface area contributed by atoms with Gasteiger partial charge in [-0.15, -0.1) is 5.11 Å². The van der Waals surface area contributed by atoms with E-state index in [9.17, 15) is 16.8 Å². The van der Waals surface area contributed by atoms with Crippen LogP contribution < -0.4 is 26.6 Å². The molecule has 35 heavy (non-hydrogen) atoms. The first-order chi connectivity index (χ1) is 16.6. The van der Waals surface area contributed by atoms with Crippen molar-refractivity contribution in [1.82, 2.24) is 20.0 Å². The summed E-state index contributed by atoms with van der Waals surface area (Å²) >= 11 is 0. The van der Waals surface area contributed by atoms with E-state index in [1.165, 1.54) is 12.1 Å². The summed E-state index contributed by atoms with van der Waals surface area (Å²) < 4.78 is 55.1. The number of rotatable bonds is 6. The van der Waals surface area contributed by atoms with E-state index in [2.05, 4.69) is 35.2 Å². The van der Waals surface area contributed by atoms with Crippen LogP contribution in [0.2, 0.25) is 0 Å². The minimum absolute atomic E-state index is 0.0454. The highest BCUT2D eigenvalue weighted by Gasteiger charge is 2.35. The molecule has 1 aromatic heterocycles. The molecule has 9 N–H and O–H groups in total. The molecule has 0 radical (unpaired) electrons. The van der Waals surface area contributed by atoms with Crippen LogP contribution in [0.25, 0.3) is 22.2 Å². The van der Waals surface area contributed by atoms with Crippen LogP contribution in [0.15, 0.2) is 55.3 Å². The summed E-state index contributed by atoms with van der Waals surface area (Å²) in [6, 6.07) is 6.66. The molecule has 2 aliphatic rings. The molecule has 184 valence electrons. The number of para-hydroxylation sites is 1. The quantitative estimate of drug-likeness (QED) is 0.241. The lowest BCUT2D eigenvalue weighted by molar-refractivity contribution is 0.536. The smallest absolute Gasteiger partial charge is 0.242 e. The standard InChI is InChI=1S/C19H22N10O4S2/c20-11-6-23-7-13(11)29-35(32,33)14-5-4-9(10-2-1-3-12-16(10)27-19(21)26-12)15(17(14)34(22,30)31)18-24-8-25-28-18/h1-5,11,13,23,29H,6-8,20H2,(H3,21,26,27)(H2,22,30,31)/t11-,13+/m1/s1. The molecule has 1 fully saturated rings. The number of nitrogens with two attached hydrogens (primary N) is 3. The average Bonchev–Trinajstić information content (AvgIpc) is 3.53. The number of anilines is 1. The van der Waals surface area contributed by atoms with Crippen LogP contribution in [0.5, 0.6) is 0 Å². The van der Waals surface area contributed by atoms with Gasteiger partial charge >= 0.3 is 0 Å². The van der Waals surface area contributed by atoms with E-state index >= 15 is 0 Å². The Labute approximate surface area is 200 Å². The zero-order chi connectivity index (χ0) is 25.0. The van der Waals surface area contributed by atoms with Gasteiger partial charge in [0.25, 0.3) is 0 Å². The van der Waals surface area contributed by atoms with Crippen molar-refractivity contribution in [2.75, 3.05) is 25.5 Å². The fraction of sp³-hybridized carbons (Fsp3) is 0.263. The lowest BCUT2D eigenvalue weighted by atomic mass is 9.97. The molecule has 2 atom stereocenters. The number of hydrogen-bond donors (Lipinski definition) is 6. The summed E-state index contributed by atoms with van der Waals surface area (Å²) in [7, 11) is -8.99. The van der Waals surface area contributed by atoms with E-state index in [1.54, 1.807) is 18.2 Å². The summed E-state index contributed by atoms with van der Waals surface area (Å²) in [5.41, 5.74) is 13.5. The van der Waals surface area contributed by atoms with Crippen molar-refractivity contribution in [2.45, 2.75) is 21.9 Å².